The third-order valence-electron chi connectivity index (χ3n) is 6.69. The molecule has 1 unspecified atom stereocenters. The lowest BCUT2D eigenvalue weighted by atomic mass is 9.92. The van der Waals surface area contributed by atoms with Crippen LogP contribution in [-0.2, 0) is 16.1 Å². The number of carbonyl (C=O) groups excluding carboxylic acids is 2. The predicted molar refractivity (Wildman–Crippen MR) is 120 cm³/mol. The van der Waals surface area contributed by atoms with Crippen LogP contribution in [0.4, 0.5) is 0 Å². The van der Waals surface area contributed by atoms with Crippen LogP contribution in [-0.4, -0.2) is 57.3 Å². The van der Waals surface area contributed by atoms with Crippen molar-refractivity contribution in [2.45, 2.75) is 52.0 Å². The first-order chi connectivity index (χ1) is 15.0. The van der Waals surface area contributed by atoms with Crippen molar-refractivity contribution in [1.82, 2.24) is 19.4 Å². The number of likely N-dealkylation sites (tertiary alicyclic amines) is 2. The highest BCUT2D eigenvalue weighted by Gasteiger charge is 2.31. The Morgan fingerprint density at radius 2 is 1.84 bits per heavy atom. The zero-order valence-electron chi connectivity index (χ0n) is 18.3. The number of nitrogens with zero attached hydrogens (tertiary/aromatic N) is 4. The second-order valence-corrected chi connectivity index (χ2v) is 9.05. The highest BCUT2D eigenvalue weighted by atomic mass is 16.2. The van der Waals surface area contributed by atoms with Crippen molar-refractivity contribution >= 4 is 22.7 Å². The van der Waals surface area contributed by atoms with E-state index in [2.05, 4.69) is 11.9 Å². The van der Waals surface area contributed by atoms with E-state index in [4.69, 9.17) is 0 Å². The van der Waals surface area contributed by atoms with E-state index in [-0.39, 0.29) is 23.3 Å². The van der Waals surface area contributed by atoms with Crippen LogP contribution >= 0.6 is 0 Å². The number of aromatic nitrogens is 2. The molecule has 166 valence electrons. The molecule has 1 aromatic heterocycles. The van der Waals surface area contributed by atoms with E-state index in [9.17, 15) is 14.4 Å². The fraction of sp³-hybridized carbons (Fsp3) is 0.583. The zero-order valence-corrected chi connectivity index (χ0v) is 18.3. The summed E-state index contributed by atoms with van der Waals surface area (Å²) < 4.78 is 1.58. The molecule has 2 aliphatic rings. The van der Waals surface area contributed by atoms with Crippen LogP contribution in [0, 0.1) is 11.8 Å². The van der Waals surface area contributed by atoms with Crippen molar-refractivity contribution in [2.75, 3.05) is 26.2 Å². The Morgan fingerprint density at radius 3 is 2.61 bits per heavy atom. The van der Waals surface area contributed by atoms with Gasteiger partial charge < -0.3 is 9.80 Å². The van der Waals surface area contributed by atoms with E-state index >= 15 is 0 Å². The number of para-hydroxylation sites is 1. The van der Waals surface area contributed by atoms with Gasteiger partial charge in [0, 0.05) is 45.1 Å². The summed E-state index contributed by atoms with van der Waals surface area (Å²) in [5, 5.41) is 0.603. The summed E-state index contributed by atoms with van der Waals surface area (Å²) in [5.41, 5.74) is 0.626. The highest BCUT2D eigenvalue weighted by Crippen LogP contribution is 2.24. The molecule has 31 heavy (non-hydrogen) atoms. The van der Waals surface area contributed by atoms with Crippen LogP contribution in [0.15, 0.2) is 35.4 Å². The minimum atomic E-state index is -0.0654. The lowest BCUT2D eigenvalue weighted by Gasteiger charge is -2.37. The summed E-state index contributed by atoms with van der Waals surface area (Å²) in [6, 6.07) is 7.30. The third-order valence-corrected chi connectivity index (χ3v) is 6.69. The van der Waals surface area contributed by atoms with Gasteiger partial charge in [-0.3, -0.25) is 19.0 Å². The third kappa shape index (κ3) is 4.97. The number of hydrogen-bond donors (Lipinski definition) is 0. The van der Waals surface area contributed by atoms with E-state index in [1.807, 2.05) is 28.0 Å². The molecule has 1 aromatic carbocycles. The minimum Gasteiger partial charge on any atom is -0.343 e. The molecule has 0 bridgehead atoms. The first-order valence-corrected chi connectivity index (χ1v) is 11.5. The second-order valence-electron chi connectivity index (χ2n) is 9.05. The van der Waals surface area contributed by atoms with Crippen molar-refractivity contribution in [2.24, 2.45) is 11.8 Å². The van der Waals surface area contributed by atoms with Crippen molar-refractivity contribution in [3.05, 3.63) is 40.9 Å². The van der Waals surface area contributed by atoms with Gasteiger partial charge in [0.2, 0.25) is 11.8 Å². The molecule has 2 aromatic rings. The maximum atomic E-state index is 12.8. The number of benzene rings is 1. The predicted octanol–water partition coefficient (Wildman–Crippen LogP) is 2.67. The standard InChI is InChI=1S/C24H32N4O3/c1-18-6-4-12-27(16-18)23(30)19-10-14-26(15-11-19)22(29)9-5-13-28-17-25-21-8-3-2-7-20(21)24(28)31/h2-3,7-8,17-19H,4-6,9-16H2,1H3. The molecule has 2 aliphatic heterocycles. The number of piperidine rings is 2. The fourth-order valence-corrected chi connectivity index (χ4v) is 4.85. The Labute approximate surface area is 183 Å². The Balaban J connectivity index is 1.24. The van der Waals surface area contributed by atoms with E-state index < -0.39 is 0 Å². The van der Waals surface area contributed by atoms with E-state index in [0.717, 1.165) is 32.4 Å². The van der Waals surface area contributed by atoms with E-state index in [0.29, 0.717) is 49.3 Å². The van der Waals surface area contributed by atoms with Gasteiger partial charge in [-0.25, -0.2) is 4.98 Å². The van der Waals surface area contributed by atoms with Gasteiger partial charge in [-0.1, -0.05) is 19.1 Å². The lowest BCUT2D eigenvalue weighted by molar-refractivity contribution is -0.142. The van der Waals surface area contributed by atoms with E-state index in [1.165, 1.54) is 6.42 Å². The van der Waals surface area contributed by atoms with Crippen LogP contribution < -0.4 is 5.56 Å². The molecule has 4 rings (SSSR count). The SMILES string of the molecule is CC1CCCN(C(=O)C2CCN(C(=O)CCCn3cnc4ccccc4c3=O)CC2)C1. The van der Waals surface area contributed by atoms with Crippen LogP contribution in [0.2, 0.25) is 0 Å². The van der Waals surface area contributed by atoms with Crippen LogP contribution in [0.3, 0.4) is 0 Å². The van der Waals surface area contributed by atoms with Crippen LogP contribution in [0.25, 0.3) is 10.9 Å². The number of rotatable bonds is 5. The average Bonchev–Trinajstić information content (AvgIpc) is 2.80. The molecule has 7 nitrogen and oxygen atoms in total. The molecule has 2 amide bonds. The Hall–Kier alpha value is -2.70. The summed E-state index contributed by atoms with van der Waals surface area (Å²) in [6.07, 6.45) is 6.38. The van der Waals surface area contributed by atoms with Gasteiger partial charge in [0.1, 0.15) is 0 Å². The first-order valence-electron chi connectivity index (χ1n) is 11.5. The highest BCUT2D eigenvalue weighted by molar-refractivity contribution is 5.80. The minimum absolute atomic E-state index is 0.0524. The van der Waals surface area contributed by atoms with Gasteiger partial charge in [0.15, 0.2) is 0 Å². The van der Waals surface area contributed by atoms with Crippen LogP contribution in [0.5, 0.6) is 0 Å². The average molecular weight is 425 g/mol. The monoisotopic (exact) mass is 424 g/mol. The van der Waals surface area contributed by atoms with Crippen molar-refractivity contribution in [1.29, 1.82) is 0 Å². The van der Waals surface area contributed by atoms with Gasteiger partial charge in [-0.15, -0.1) is 0 Å². The number of carbonyl (C=O) groups is 2. The molecule has 0 N–H and O–H groups in total. The molecule has 7 heteroatoms. The fourth-order valence-electron chi connectivity index (χ4n) is 4.85. The van der Waals surface area contributed by atoms with Gasteiger partial charge in [-0.05, 0) is 50.2 Å². The smallest absolute Gasteiger partial charge is 0.261 e. The molecule has 0 spiro atoms. The quantitative estimate of drug-likeness (QED) is 0.740. The van der Waals surface area contributed by atoms with Crippen molar-refractivity contribution in [3.63, 3.8) is 0 Å². The number of amides is 2. The number of aryl methyl sites for hydroxylation is 1. The normalized spacial score (nSPS) is 20.2. The van der Waals surface area contributed by atoms with Gasteiger partial charge in [0.05, 0.1) is 17.2 Å². The summed E-state index contributed by atoms with van der Waals surface area (Å²) in [7, 11) is 0. The molecular weight excluding hydrogens is 392 g/mol. The molecule has 0 aliphatic carbocycles. The first kappa shape index (κ1) is 21.5. The number of fused-ring (bicyclic) bond motifs is 1. The largest absolute Gasteiger partial charge is 0.343 e. The van der Waals surface area contributed by atoms with Gasteiger partial charge in [0.25, 0.3) is 5.56 Å². The second kappa shape index (κ2) is 9.62. The molecule has 1 atom stereocenters. The molecule has 3 heterocycles. The zero-order chi connectivity index (χ0) is 21.8. The molecular formula is C24H32N4O3. The van der Waals surface area contributed by atoms with Crippen molar-refractivity contribution in [3.8, 4) is 0 Å². The van der Waals surface area contributed by atoms with Gasteiger partial charge in [-0.2, -0.15) is 0 Å². The summed E-state index contributed by atoms with van der Waals surface area (Å²) in [4.78, 5) is 46.2. The Kier molecular flexibility index (Phi) is 6.68. The molecule has 2 fully saturated rings. The molecule has 0 saturated carbocycles. The summed E-state index contributed by atoms with van der Waals surface area (Å²) in [6.45, 7) is 5.74. The summed E-state index contributed by atoms with van der Waals surface area (Å²) in [5.74, 6) is 1.03. The molecule has 0 radical (unpaired) electrons. The van der Waals surface area contributed by atoms with Crippen LogP contribution in [0.1, 0.15) is 45.4 Å². The lowest BCUT2D eigenvalue weighted by Crippen LogP contribution is -2.47. The Bertz CT molecular complexity index is 994. The molecule has 2 saturated heterocycles. The maximum absolute atomic E-state index is 12.8. The van der Waals surface area contributed by atoms with Gasteiger partial charge >= 0.3 is 0 Å². The Morgan fingerprint density at radius 1 is 1.06 bits per heavy atom. The van der Waals surface area contributed by atoms with E-state index in [1.54, 1.807) is 17.0 Å². The topological polar surface area (TPSA) is 75.5 Å². The maximum Gasteiger partial charge on any atom is 0.261 e. The number of hydrogen-bond acceptors (Lipinski definition) is 4. The van der Waals surface area contributed by atoms with Crippen molar-refractivity contribution < 1.29 is 9.59 Å². The summed E-state index contributed by atoms with van der Waals surface area (Å²) >= 11 is 0.